The molecule has 2 unspecified atom stereocenters. The molecule has 0 radical (unpaired) electrons. The van der Waals surface area contributed by atoms with Crippen LogP contribution in [0.5, 0.6) is 0 Å². The van der Waals surface area contributed by atoms with Gasteiger partial charge in [-0.15, -0.1) is 0 Å². The molecule has 0 aromatic heterocycles. The van der Waals surface area contributed by atoms with Gasteiger partial charge in [0, 0.05) is 12.6 Å². The summed E-state index contributed by atoms with van der Waals surface area (Å²) in [4.78, 5) is 2.50. The zero-order chi connectivity index (χ0) is 14.5. The van der Waals surface area contributed by atoms with E-state index in [1.807, 2.05) is 12.1 Å². The molecule has 2 atom stereocenters. The highest BCUT2D eigenvalue weighted by molar-refractivity contribution is 5.25. The van der Waals surface area contributed by atoms with E-state index in [0.29, 0.717) is 5.56 Å². The highest BCUT2D eigenvalue weighted by Gasteiger charge is 2.21. The second-order valence-corrected chi connectivity index (χ2v) is 6.15. The fraction of sp³-hybridized carbons (Fsp3) is 0.647. The number of hydrogen-bond donors (Lipinski definition) is 1. The molecule has 0 saturated carbocycles. The van der Waals surface area contributed by atoms with E-state index in [1.54, 1.807) is 13.0 Å². The first-order chi connectivity index (χ1) is 9.60. The van der Waals surface area contributed by atoms with Gasteiger partial charge in [0.05, 0.1) is 0 Å². The van der Waals surface area contributed by atoms with Crippen LogP contribution >= 0.6 is 0 Å². The second kappa shape index (κ2) is 7.19. The van der Waals surface area contributed by atoms with Crippen molar-refractivity contribution in [2.75, 3.05) is 19.6 Å². The first-order valence-corrected chi connectivity index (χ1v) is 7.84. The van der Waals surface area contributed by atoms with Crippen LogP contribution in [0.1, 0.15) is 49.8 Å². The number of likely N-dealkylation sites (tertiary alicyclic amines) is 1. The van der Waals surface area contributed by atoms with E-state index < -0.39 is 0 Å². The molecule has 0 spiro atoms. The zero-order valence-electron chi connectivity index (χ0n) is 12.7. The molecule has 3 heteroatoms. The predicted octanol–water partition coefficient (Wildman–Crippen LogP) is 3.65. The Morgan fingerprint density at radius 2 is 2.25 bits per heavy atom. The third-order valence-electron chi connectivity index (χ3n) is 4.45. The number of nitrogens with zero attached hydrogens (tertiary/aromatic N) is 1. The van der Waals surface area contributed by atoms with Crippen LogP contribution < -0.4 is 5.73 Å². The maximum atomic E-state index is 13.6. The van der Waals surface area contributed by atoms with E-state index in [4.69, 9.17) is 5.73 Å². The van der Waals surface area contributed by atoms with E-state index >= 15 is 0 Å². The van der Waals surface area contributed by atoms with Crippen LogP contribution in [0.25, 0.3) is 0 Å². The normalized spacial score (nSPS) is 21.3. The molecule has 1 aromatic carbocycles. The van der Waals surface area contributed by atoms with Gasteiger partial charge in [0.2, 0.25) is 0 Å². The smallest absolute Gasteiger partial charge is 0.126 e. The van der Waals surface area contributed by atoms with Crippen LogP contribution in [0.4, 0.5) is 4.39 Å². The van der Waals surface area contributed by atoms with E-state index in [1.165, 1.54) is 32.4 Å². The third kappa shape index (κ3) is 4.03. The number of hydrogen-bond acceptors (Lipinski definition) is 2. The number of nitrogens with two attached hydrogens (primary N) is 1. The molecule has 1 fully saturated rings. The summed E-state index contributed by atoms with van der Waals surface area (Å²) in [7, 11) is 0. The summed E-state index contributed by atoms with van der Waals surface area (Å²) in [5.74, 6) is 0.718. The summed E-state index contributed by atoms with van der Waals surface area (Å²) in [5, 5.41) is 0. The molecule has 0 amide bonds. The van der Waals surface area contributed by atoms with Gasteiger partial charge in [0.1, 0.15) is 5.82 Å². The maximum absolute atomic E-state index is 13.6. The van der Waals surface area contributed by atoms with Crippen molar-refractivity contribution in [1.82, 2.24) is 4.90 Å². The third-order valence-corrected chi connectivity index (χ3v) is 4.45. The van der Waals surface area contributed by atoms with Crippen molar-refractivity contribution in [3.8, 4) is 0 Å². The van der Waals surface area contributed by atoms with Crippen LogP contribution in [0.15, 0.2) is 18.2 Å². The largest absolute Gasteiger partial charge is 0.324 e. The molecular formula is C17H27FN2. The lowest BCUT2D eigenvalue weighted by Crippen LogP contribution is -2.25. The molecule has 0 aliphatic carbocycles. The van der Waals surface area contributed by atoms with Crippen LogP contribution in [-0.4, -0.2) is 24.5 Å². The summed E-state index contributed by atoms with van der Waals surface area (Å²) in [5.41, 5.74) is 7.79. The summed E-state index contributed by atoms with van der Waals surface area (Å²) in [6.07, 6.45) is 4.84. The molecule has 1 heterocycles. The molecule has 1 aliphatic rings. The molecule has 2 N–H and O–H groups in total. The monoisotopic (exact) mass is 278 g/mol. The molecule has 2 nitrogen and oxygen atoms in total. The van der Waals surface area contributed by atoms with Crippen molar-refractivity contribution in [3.63, 3.8) is 0 Å². The SMILES string of the molecule is CCCC1CCN(CCC(N)c2ccc(C)c(F)c2)C1. The lowest BCUT2D eigenvalue weighted by Gasteiger charge is -2.19. The van der Waals surface area contributed by atoms with Gasteiger partial charge in [0.15, 0.2) is 0 Å². The Hall–Kier alpha value is -0.930. The van der Waals surface area contributed by atoms with Gasteiger partial charge in [-0.25, -0.2) is 4.39 Å². The average molecular weight is 278 g/mol. The maximum Gasteiger partial charge on any atom is 0.126 e. The summed E-state index contributed by atoms with van der Waals surface area (Å²) >= 11 is 0. The highest BCUT2D eigenvalue weighted by Crippen LogP contribution is 2.23. The van der Waals surface area contributed by atoms with Crippen LogP contribution in [0.2, 0.25) is 0 Å². The Morgan fingerprint density at radius 1 is 1.45 bits per heavy atom. The summed E-state index contributed by atoms with van der Waals surface area (Å²) < 4.78 is 13.6. The lowest BCUT2D eigenvalue weighted by atomic mass is 10.0. The molecular weight excluding hydrogens is 251 g/mol. The lowest BCUT2D eigenvalue weighted by molar-refractivity contribution is 0.306. The molecule has 2 rings (SSSR count). The Bertz CT molecular complexity index is 433. The first-order valence-electron chi connectivity index (χ1n) is 7.84. The van der Waals surface area contributed by atoms with Crippen LogP contribution in [0, 0.1) is 18.7 Å². The van der Waals surface area contributed by atoms with Gasteiger partial charge in [-0.2, -0.15) is 0 Å². The van der Waals surface area contributed by atoms with Gasteiger partial charge in [0.25, 0.3) is 0 Å². The van der Waals surface area contributed by atoms with Gasteiger partial charge in [-0.1, -0.05) is 25.5 Å². The van der Waals surface area contributed by atoms with Crippen molar-refractivity contribution < 1.29 is 4.39 Å². The second-order valence-electron chi connectivity index (χ2n) is 6.15. The quantitative estimate of drug-likeness (QED) is 0.860. The van der Waals surface area contributed by atoms with Crippen molar-refractivity contribution in [2.24, 2.45) is 11.7 Å². The highest BCUT2D eigenvalue weighted by atomic mass is 19.1. The standard InChI is InChI=1S/C17H27FN2/c1-3-4-14-7-9-20(12-14)10-8-17(19)15-6-5-13(2)16(18)11-15/h5-6,11,14,17H,3-4,7-10,12,19H2,1-2H3. The van der Waals surface area contributed by atoms with Crippen molar-refractivity contribution >= 4 is 0 Å². The molecule has 1 aliphatic heterocycles. The minimum atomic E-state index is -0.151. The first kappa shape index (κ1) is 15.5. The number of benzene rings is 1. The number of aryl methyl sites for hydroxylation is 1. The predicted molar refractivity (Wildman–Crippen MR) is 82.1 cm³/mol. The number of rotatable bonds is 6. The van der Waals surface area contributed by atoms with E-state index in [0.717, 1.165) is 24.4 Å². The Balaban J connectivity index is 1.80. The van der Waals surface area contributed by atoms with Crippen molar-refractivity contribution in [2.45, 2.75) is 45.6 Å². The summed E-state index contributed by atoms with van der Waals surface area (Å²) in [6.45, 7) is 7.46. The average Bonchev–Trinajstić information content (AvgIpc) is 2.87. The van der Waals surface area contributed by atoms with Gasteiger partial charge < -0.3 is 10.6 Å². The Labute approximate surface area is 122 Å². The zero-order valence-corrected chi connectivity index (χ0v) is 12.7. The number of halogens is 1. The Kier molecular flexibility index (Phi) is 5.55. The van der Waals surface area contributed by atoms with Gasteiger partial charge in [-0.3, -0.25) is 0 Å². The fourth-order valence-corrected chi connectivity index (χ4v) is 3.09. The summed E-state index contributed by atoms with van der Waals surface area (Å²) in [6, 6.07) is 5.30. The molecule has 1 aromatic rings. The fourth-order valence-electron chi connectivity index (χ4n) is 3.09. The van der Waals surface area contributed by atoms with E-state index in [9.17, 15) is 4.39 Å². The topological polar surface area (TPSA) is 29.3 Å². The molecule has 1 saturated heterocycles. The molecule has 20 heavy (non-hydrogen) atoms. The van der Waals surface area contributed by atoms with Gasteiger partial charge in [-0.05, 0) is 62.4 Å². The molecule has 0 bridgehead atoms. The minimum Gasteiger partial charge on any atom is -0.324 e. The van der Waals surface area contributed by atoms with Gasteiger partial charge >= 0.3 is 0 Å². The van der Waals surface area contributed by atoms with E-state index in [2.05, 4.69) is 11.8 Å². The van der Waals surface area contributed by atoms with Crippen molar-refractivity contribution in [3.05, 3.63) is 35.1 Å². The molecule has 112 valence electrons. The minimum absolute atomic E-state index is 0.0599. The van der Waals surface area contributed by atoms with Crippen molar-refractivity contribution in [1.29, 1.82) is 0 Å². The Morgan fingerprint density at radius 3 is 2.95 bits per heavy atom. The van der Waals surface area contributed by atoms with Crippen LogP contribution in [0.3, 0.4) is 0 Å². The van der Waals surface area contributed by atoms with E-state index in [-0.39, 0.29) is 11.9 Å². The van der Waals surface area contributed by atoms with Crippen LogP contribution in [-0.2, 0) is 0 Å².